The SMILES string of the molecule is Cc1cn2c3c(=O)n(Cc4ccccc4)c(=O)n(C)c3nc2n1C1CCCCC1. The van der Waals surface area contributed by atoms with E-state index in [9.17, 15) is 9.59 Å². The summed E-state index contributed by atoms with van der Waals surface area (Å²) in [5.41, 5.74) is 2.31. The van der Waals surface area contributed by atoms with Crippen LogP contribution < -0.4 is 11.2 Å². The molecule has 1 aromatic carbocycles. The third-order valence-corrected chi connectivity index (χ3v) is 6.19. The van der Waals surface area contributed by atoms with E-state index in [1.165, 1.54) is 28.4 Å². The highest BCUT2D eigenvalue weighted by Crippen LogP contribution is 2.31. The normalized spacial score (nSPS) is 15.5. The summed E-state index contributed by atoms with van der Waals surface area (Å²) in [6.07, 6.45) is 7.96. The van der Waals surface area contributed by atoms with E-state index in [4.69, 9.17) is 4.98 Å². The summed E-state index contributed by atoms with van der Waals surface area (Å²) in [5.74, 6) is 0.758. The van der Waals surface area contributed by atoms with Gasteiger partial charge >= 0.3 is 5.69 Å². The predicted octanol–water partition coefficient (Wildman–Crippen LogP) is 3.01. The number of benzene rings is 1. The van der Waals surface area contributed by atoms with Crippen LogP contribution in [0.2, 0.25) is 0 Å². The van der Waals surface area contributed by atoms with Crippen LogP contribution in [0.15, 0.2) is 46.1 Å². The van der Waals surface area contributed by atoms with Gasteiger partial charge in [0.2, 0.25) is 5.78 Å². The van der Waals surface area contributed by atoms with Gasteiger partial charge in [-0.05, 0) is 25.3 Å². The number of fused-ring (bicyclic) bond motifs is 3. The summed E-state index contributed by atoms with van der Waals surface area (Å²) in [6.45, 7) is 2.32. The monoisotopic (exact) mass is 391 g/mol. The molecule has 29 heavy (non-hydrogen) atoms. The minimum absolute atomic E-state index is 0.248. The molecule has 0 bridgehead atoms. The number of aromatic nitrogens is 5. The topological polar surface area (TPSA) is 66.2 Å². The van der Waals surface area contributed by atoms with Gasteiger partial charge in [0.1, 0.15) is 0 Å². The van der Waals surface area contributed by atoms with E-state index < -0.39 is 0 Å². The zero-order valence-corrected chi connectivity index (χ0v) is 16.8. The van der Waals surface area contributed by atoms with Gasteiger partial charge in [0, 0.05) is 25.0 Å². The molecule has 0 N–H and O–H groups in total. The molecule has 1 aliphatic carbocycles. The van der Waals surface area contributed by atoms with Crippen molar-refractivity contribution < 1.29 is 0 Å². The van der Waals surface area contributed by atoms with Gasteiger partial charge in [-0.15, -0.1) is 0 Å². The summed E-state index contributed by atoms with van der Waals surface area (Å²) < 4.78 is 6.93. The number of rotatable bonds is 3. The maximum Gasteiger partial charge on any atom is 0.332 e. The highest BCUT2D eigenvalue weighted by atomic mass is 16.2. The molecule has 0 spiro atoms. The lowest BCUT2D eigenvalue weighted by atomic mass is 9.95. The molecule has 0 aliphatic heterocycles. The van der Waals surface area contributed by atoms with Crippen molar-refractivity contribution in [1.29, 1.82) is 0 Å². The Labute approximate surface area is 167 Å². The number of aryl methyl sites for hydroxylation is 2. The minimum Gasteiger partial charge on any atom is -0.311 e. The molecule has 5 rings (SSSR count). The van der Waals surface area contributed by atoms with Crippen LogP contribution in [-0.4, -0.2) is 23.1 Å². The zero-order chi connectivity index (χ0) is 20.1. The first-order valence-corrected chi connectivity index (χ1v) is 10.3. The van der Waals surface area contributed by atoms with Gasteiger partial charge in [-0.25, -0.2) is 4.79 Å². The maximum atomic E-state index is 13.4. The third-order valence-electron chi connectivity index (χ3n) is 6.19. The quantitative estimate of drug-likeness (QED) is 0.539. The Morgan fingerprint density at radius 2 is 1.79 bits per heavy atom. The average Bonchev–Trinajstić information content (AvgIpc) is 3.25. The summed E-state index contributed by atoms with van der Waals surface area (Å²) in [7, 11) is 1.69. The molecule has 0 atom stereocenters. The van der Waals surface area contributed by atoms with Gasteiger partial charge in [-0.2, -0.15) is 4.98 Å². The molecular formula is C22H25N5O2. The van der Waals surface area contributed by atoms with E-state index in [1.807, 2.05) is 40.9 Å². The Morgan fingerprint density at radius 1 is 1.07 bits per heavy atom. The van der Waals surface area contributed by atoms with Crippen molar-refractivity contribution >= 4 is 16.9 Å². The van der Waals surface area contributed by atoms with Crippen molar-refractivity contribution in [1.82, 2.24) is 23.1 Å². The van der Waals surface area contributed by atoms with Crippen LogP contribution in [0.5, 0.6) is 0 Å². The van der Waals surface area contributed by atoms with Gasteiger partial charge in [-0.3, -0.25) is 18.3 Å². The average molecular weight is 391 g/mol. The first kappa shape index (κ1) is 18.0. The van der Waals surface area contributed by atoms with Gasteiger partial charge in [0.05, 0.1) is 6.54 Å². The van der Waals surface area contributed by atoms with Crippen molar-refractivity contribution in [2.45, 2.75) is 51.6 Å². The first-order valence-electron chi connectivity index (χ1n) is 10.3. The summed E-state index contributed by atoms with van der Waals surface area (Å²) in [6, 6.07) is 9.99. The van der Waals surface area contributed by atoms with E-state index >= 15 is 0 Å². The second kappa shape index (κ2) is 6.76. The van der Waals surface area contributed by atoms with Crippen LogP contribution in [0, 0.1) is 6.92 Å². The van der Waals surface area contributed by atoms with E-state index in [0.717, 1.165) is 29.9 Å². The van der Waals surface area contributed by atoms with E-state index in [2.05, 4.69) is 11.5 Å². The van der Waals surface area contributed by atoms with Crippen LogP contribution in [-0.2, 0) is 13.6 Å². The molecule has 0 amide bonds. The van der Waals surface area contributed by atoms with Crippen LogP contribution >= 0.6 is 0 Å². The first-order chi connectivity index (χ1) is 14.1. The Bertz CT molecular complexity index is 1320. The number of hydrogen-bond donors (Lipinski definition) is 0. The Hall–Kier alpha value is -3.09. The smallest absolute Gasteiger partial charge is 0.311 e. The fourth-order valence-electron chi connectivity index (χ4n) is 4.72. The Kier molecular flexibility index (Phi) is 4.19. The summed E-state index contributed by atoms with van der Waals surface area (Å²) >= 11 is 0. The molecule has 1 aliphatic rings. The lowest BCUT2D eigenvalue weighted by molar-refractivity contribution is 0.355. The largest absolute Gasteiger partial charge is 0.332 e. The lowest BCUT2D eigenvalue weighted by Gasteiger charge is -2.24. The van der Waals surface area contributed by atoms with Crippen molar-refractivity contribution in [3.05, 3.63) is 68.6 Å². The highest BCUT2D eigenvalue weighted by Gasteiger charge is 2.24. The summed E-state index contributed by atoms with van der Waals surface area (Å²) in [5, 5.41) is 0. The zero-order valence-electron chi connectivity index (χ0n) is 16.8. The molecule has 1 saturated carbocycles. The number of hydrogen-bond acceptors (Lipinski definition) is 3. The minimum atomic E-state index is -0.340. The lowest BCUT2D eigenvalue weighted by Crippen LogP contribution is -2.39. The molecule has 3 heterocycles. The summed E-state index contributed by atoms with van der Waals surface area (Å²) in [4.78, 5) is 31.0. The maximum absolute atomic E-state index is 13.4. The van der Waals surface area contributed by atoms with Gasteiger partial charge in [-0.1, -0.05) is 49.6 Å². The molecule has 3 aromatic heterocycles. The van der Waals surface area contributed by atoms with Crippen LogP contribution in [0.25, 0.3) is 16.9 Å². The number of nitrogens with zero attached hydrogens (tertiary/aromatic N) is 5. The number of imidazole rings is 2. The van der Waals surface area contributed by atoms with Gasteiger partial charge < -0.3 is 4.57 Å². The standard InChI is InChI=1S/C22H25N5O2/c1-15-13-25-18-19(23-21(25)27(15)17-11-7-4-8-12-17)24(2)22(29)26(20(18)28)14-16-9-5-3-6-10-16/h3,5-6,9-10,13,17H,4,7-8,11-12,14H2,1-2H3. The molecule has 7 heteroatoms. The molecule has 0 saturated heterocycles. The fourth-order valence-corrected chi connectivity index (χ4v) is 4.72. The van der Waals surface area contributed by atoms with Crippen LogP contribution in [0.1, 0.15) is 49.4 Å². The molecule has 4 aromatic rings. The van der Waals surface area contributed by atoms with E-state index in [0.29, 0.717) is 17.2 Å². The van der Waals surface area contributed by atoms with Crippen LogP contribution in [0.4, 0.5) is 0 Å². The molecule has 7 nitrogen and oxygen atoms in total. The second-order valence-electron chi connectivity index (χ2n) is 8.10. The molecule has 1 fully saturated rings. The van der Waals surface area contributed by atoms with Crippen molar-refractivity contribution in [3.8, 4) is 0 Å². The van der Waals surface area contributed by atoms with Gasteiger partial charge in [0.15, 0.2) is 11.2 Å². The molecule has 150 valence electrons. The molecule has 0 radical (unpaired) electrons. The molecular weight excluding hydrogens is 366 g/mol. The van der Waals surface area contributed by atoms with Crippen LogP contribution in [0.3, 0.4) is 0 Å². The van der Waals surface area contributed by atoms with E-state index in [1.54, 1.807) is 7.05 Å². The van der Waals surface area contributed by atoms with Gasteiger partial charge in [0.25, 0.3) is 5.56 Å². The Balaban J connectivity index is 1.75. The second-order valence-corrected chi connectivity index (χ2v) is 8.10. The highest BCUT2D eigenvalue weighted by molar-refractivity contribution is 5.75. The third kappa shape index (κ3) is 2.75. The van der Waals surface area contributed by atoms with Crippen molar-refractivity contribution in [3.63, 3.8) is 0 Å². The van der Waals surface area contributed by atoms with E-state index in [-0.39, 0.29) is 17.8 Å². The Morgan fingerprint density at radius 3 is 2.52 bits per heavy atom. The molecule has 0 unspecified atom stereocenters. The fraction of sp³-hybridized carbons (Fsp3) is 0.409. The predicted molar refractivity (Wildman–Crippen MR) is 113 cm³/mol. The van der Waals surface area contributed by atoms with Crippen molar-refractivity contribution in [2.24, 2.45) is 7.05 Å². The van der Waals surface area contributed by atoms with Crippen molar-refractivity contribution in [2.75, 3.05) is 0 Å².